The van der Waals surface area contributed by atoms with E-state index in [9.17, 15) is 5.11 Å². The number of hydrogen-bond donors (Lipinski definition) is 2. The molecule has 0 radical (unpaired) electrons. The normalized spacial score (nSPS) is 17.7. The zero-order valence-electron chi connectivity index (χ0n) is 12.8. The average molecular weight is 328 g/mol. The van der Waals surface area contributed by atoms with Crippen LogP contribution in [0.2, 0.25) is 5.02 Å². The summed E-state index contributed by atoms with van der Waals surface area (Å²) in [5.74, 6) is 2.08. The first-order valence-electron chi connectivity index (χ1n) is 7.89. The molecule has 1 aromatic rings. The van der Waals surface area contributed by atoms with Crippen molar-refractivity contribution in [1.29, 1.82) is 0 Å². The molecular formula is C17H26ClNOS. The first kappa shape index (κ1) is 17.1. The molecule has 0 aliphatic heterocycles. The fourth-order valence-electron chi connectivity index (χ4n) is 2.56. The molecule has 21 heavy (non-hydrogen) atoms. The predicted molar refractivity (Wildman–Crippen MR) is 93.1 cm³/mol. The van der Waals surface area contributed by atoms with Crippen molar-refractivity contribution in [3.8, 4) is 0 Å². The third-order valence-electron chi connectivity index (χ3n) is 4.23. The maximum atomic E-state index is 9.74. The molecule has 0 aromatic heterocycles. The Hall–Kier alpha value is -0.220. The molecule has 0 amide bonds. The second-order valence-electron chi connectivity index (χ2n) is 5.96. The van der Waals surface area contributed by atoms with Gasteiger partial charge in [-0.3, -0.25) is 0 Å². The monoisotopic (exact) mass is 327 g/mol. The van der Waals surface area contributed by atoms with Gasteiger partial charge in [0.2, 0.25) is 0 Å². The van der Waals surface area contributed by atoms with Crippen LogP contribution in [0.1, 0.15) is 44.6 Å². The lowest BCUT2D eigenvalue weighted by Gasteiger charge is -2.32. The summed E-state index contributed by atoms with van der Waals surface area (Å²) in [5.41, 5.74) is 1.15. The first-order valence-corrected chi connectivity index (χ1v) is 9.42. The molecule has 0 heterocycles. The molecule has 1 saturated carbocycles. The van der Waals surface area contributed by atoms with Crippen molar-refractivity contribution in [3.05, 3.63) is 34.9 Å². The Labute approximate surface area is 137 Å². The van der Waals surface area contributed by atoms with E-state index in [0.29, 0.717) is 6.04 Å². The van der Waals surface area contributed by atoms with Gasteiger partial charge in [-0.1, -0.05) is 36.7 Å². The van der Waals surface area contributed by atoms with Gasteiger partial charge in [0.05, 0.1) is 6.61 Å². The highest BCUT2D eigenvalue weighted by molar-refractivity contribution is 7.98. The van der Waals surface area contributed by atoms with E-state index < -0.39 is 0 Å². The first-order chi connectivity index (χ1) is 10.2. The highest BCUT2D eigenvalue weighted by Gasteiger charge is 2.33. The minimum atomic E-state index is -0.0634. The lowest BCUT2D eigenvalue weighted by molar-refractivity contribution is 0.144. The Morgan fingerprint density at radius 2 is 2.14 bits per heavy atom. The van der Waals surface area contributed by atoms with E-state index >= 15 is 0 Å². The Balaban J connectivity index is 1.69. The van der Waals surface area contributed by atoms with Crippen LogP contribution in [0, 0.1) is 0 Å². The van der Waals surface area contributed by atoms with Gasteiger partial charge in [0, 0.05) is 22.4 Å². The van der Waals surface area contributed by atoms with E-state index in [0.717, 1.165) is 35.8 Å². The molecule has 2 nitrogen and oxygen atoms in total. The fraction of sp³-hybridized carbons (Fsp3) is 0.647. The van der Waals surface area contributed by atoms with Crippen molar-refractivity contribution in [1.82, 2.24) is 5.32 Å². The minimum Gasteiger partial charge on any atom is -0.394 e. The maximum Gasteiger partial charge on any atom is 0.0613 e. The molecule has 1 aromatic carbocycles. The molecule has 0 spiro atoms. The van der Waals surface area contributed by atoms with Gasteiger partial charge in [0.15, 0.2) is 0 Å². The lowest BCUT2D eigenvalue weighted by Crippen LogP contribution is -2.49. The molecule has 1 aliphatic rings. The van der Waals surface area contributed by atoms with Crippen LogP contribution in [-0.4, -0.2) is 29.0 Å². The number of hydrogen-bond acceptors (Lipinski definition) is 3. The van der Waals surface area contributed by atoms with E-state index in [1.807, 2.05) is 30.0 Å². The zero-order chi connectivity index (χ0) is 15.1. The molecule has 118 valence electrons. The van der Waals surface area contributed by atoms with E-state index in [1.165, 1.54) is 18.4 Å². The van der Waals surface area contributed by atoms with Gasteiger partial charge in [-0.15, -0.1) is 0 Å². The van der Waals surface area contributed by atoms with Gasteiger partial charge in [-0.25, -0.2) is 0 Å². The van der Waals surface area contributed by atoms with Crippen molar-refractivity contribution in [2.45, 2.75) is 56.4 Å². The quantitative estimate of drug-likeness (QED) is 0.630. The predicted octanol–water partition coefficient (Wildman–Crippen LogP) is 4.25. The van der Waals surface area contributed by atoms with E-state index in [4.69, 9.17) is 11.6 Å². The minimum absolute atomic E-state index is 0.0634. The molecule has 0 bridgehead atoms. The number of rotatable bonds is 10. The Morgan fingerprint density at radius 3 is 2.76 bits per heavy atom. The summed E-state index contributed by atoms with van der Waals surface area (Å²) >= 11 is 8.09. The van der Waals surface area contributed by atoms with Crippen molar-refractivity contribution >= 4 is 23.4 Å². The van der Waals surface area contributed by atoms with Crippen LogP contribution < -0.4 is 5.32 Å². The van der Waals surface area contributed by atoms with Gasteiger partial charge in [0.1, 0.15) is 0 Å². The van der Waals surface area contributed by atoms with Gasteiger partial charge in [-0.2, -0.15) is 11.8 Å². The van der Waals surface area contributed by atoms with Gasteiger partial charge < -0.3 is 10.4 Å². The topological polar surface area (TPSA) is 32.3 Å². The van der Waals surface area contributed by atoms with Crippen LogP contribution in [-0.2, 0) is 5.75 Å². The second-order valence-corrected chi connectivity index (χ2v) is 7.47. The third-order valence-corrected chi connectivity index (χ3v) is 5.69. The number of benzene rings is 1. The Bertz CT molecular complexity index is 433. The van der Waals surface area contributed by atoms with Crippen LogP contribution in [0.25, 0.3) is 0 Å². The van der Waals surface area contributed by atoms with Crippen molar-refractivity contribution in [3.63, 3.8) is 0 Å². The molecule has 1 aliphatic carbocycles. The highest BCUT2D eigenvalue weighted by Crippen LogP contribution is 2.28. The molecule has 2 rings (SSSR count). The van der Waals surface area contributed by atoms with E-state index in [1.54, 1.807) is 0 Å². The van der Waals surface area contributed by atoms with Crippen molar-refractivity contribution < 1.29 is 5.11 Å². The Kier molecular flexibility index (Phi) is 6.87. The lowest BCUT2D eigenvalue weighted by atomic mass is 9.91. The van der Waals surface area contributed by atoms with Gasteiger partial charge in [-0.05, 0) is 49.5 Å². The standard InChI is InChI=1S/C17H26ClNOS/c1-2-17(13-20,19-15-8-9-15)10-5-11-21-12-14-6-3-4-7-16(14)18/h3-4,6-7,15,19-20H,2,5,8-13H2,1H3. The van der Waals surface area contributed by atoms with E-state index in [2.05, 4.69) is 18.3 Å². The third kappa shape index (κ3) is 5.48. The number of halogens is 1. The summed E-state index contributed by atoms with van der Waals surface area (Å²) in [6.07, 6.45) is 5.70. The van der Waals surface area contributed by atoms with Gasteiger partial charge in [0.25, 0.3) is 0 Å². The number of thioether (sulfide) groups is 1. The van der Waals surface area contributed by atoms with Crippen LogP contribution >= 0.6 is 23.4 Å². The summed E-state index contributed by atoms with van der Waals surface area (Å²) in [4.78, 5) is 0. The number of aliphatic hydroxyl groups excluding tert-OH is 1. The largest absolute Gasteiger partial charge is 0.394 e. The fourth-order valence-corrected chi connectivity index (χ4v) is 3.80. The average Bonchev–Trinajstić information content (AvgIpc) is 3.31. The van der Waals surface area contributed by atoms with Crippen LogP contribution in [0.3, 0.4) is 0 Å². The molecule has 0 saturated heterocycles. The smallest absolute Gasteiger partial charge is 0.0613 e. The Morgan fingerprint density at radius 1 is 1.38 bits per heavy atom. The molecule has 4 heteroatoms. The SMILES string of the molecule is CCC(CO)(CCCSCc1ccccc1Cl)NC1CC1. The summed E-state index contributed by atoms with van der Waals surface area (Å²) in [6, 6.07) is 8.69. The molecule has 1 atom stereocenters. The molecule has 1 unspecified atom stereocenters. The van der Waals surface area contributed by atoms with Crippen molar-refractivity contribution in [2.24, 2.45) is 0 Å². The van der Waals surface area contributed by atoms with E-state index in [-0.39, 0.29) is 12.1 Å². The highest BCUT2D eigenvalue weighted by atomic mass is 35.5. The molecule has 1 fully saturated rings. The number of aliphatic hydroxyl groups is 1. The maximum absolute atomic E-state index is 9.74. The van der Waals surface area contributed by atoms with Crippen LogP contribution in [0.4, 0.5) is 0 Å². The second kappa shape index (κ2) is 8.42. The number of nitrogens with one attached hydrogen (secondary N) is 1. The summed E-state index contributed by atoms with van der Waals surface area (Å²) in [6.45, 7) is 2.41. The summed E-state index contributed by atoms with van der Waals surface area (Å²) in [7, 11) is 0. The van der Waals surface area contributed by atoms with Crippen molar-refractivity contribution in [2.75, 3.05) is 12.4 Å². The zero-order valence-corrected chi connectivity index (χ0v) is 14.3. The summed E-state index contributed by atoms with van der Waals surface area (Å²) in [5, 5.41) is 14.2. The summed E-state index contributed by atoms with van der Waals surface area (Å²) < 4.78 is 0. The van der Waals surface area contributed by atoms with Crippen LogP contribution in [0.15, 0.2) is 24.3 Å². The van der Waals surface area contributed by atoms with Gasteiger partial charge >= 0.3 is 0 Å². The van der Waals surface area contributed by atoms with Crippen LogP contribution in [0.5, 0.6) is 0 Å². The molecular weight excluding hydrogens is 302 g/mol. The molecule has 2 N–H and O–H groups in total.